The van der Waals surface area contributed by atoms with Crippen LogP contribution in [-0.4, -0.2) is 11.1 Å². The molecule has 1 aromatic rings. The van der Waals surface area contributed by atoms with Crippen LogP contribution < -0.4 is 0 Å². The Morgan fingerprint density at radius 3 is 1.67 bits per heavy atom. The lowest BCUT2D eigenvalue weighted by atomic mass is 10.2. The molecule has 0 aliphatic rings. The third-order valence-corrected chi connectivity index (χ3v) is 1.52. The van der Waals surface area contributed by atoms with E-state index in [1.54, 1.807) is 30.3 Å². The zero-order valence-electron chi connectivity index (χ0n) is 10.2. The van der Waals surface area contributed by atoms with Crippen LogP contribution in [0.3, 0.4) is 0 Å². The number of carbonyl (C=O) groups is 1. The maximum absolute atomic E-state index is 10.2. The molecule has 1 rings (SSSR count). The number of aromatic carboxylic acids is 1. The third-order valence-electron chi connectivity index (χ3n) is 1.52. The second-order valence-electron chi connectivity index (χ2n) is 2.67. The summed E-state index contributed by atoms with van der Waals surface area (Å²) in [6, 6.07) is 8.30. The van der Waals surface area contributed by atoms with Gasteiger partial charge in [0.2, 0.25) is 0 Å². The first kappa shape index (κ1) is 16.1. The van der Waals surface area contributed by atoms with E-state index in [1.807, 2.05) is 13.8 Å². The highest BCUT2D eigenvalue weighted by molar-refractivity contribution is 5.87. The Labute approximate surface area is 93.0 Å². The molecule has 2 nitrogen and oxygen atoms in total. The van der Waals surface area contributed by atoms with Crippen LogP contribution in [0.15, 0.2) is 30.3 Å². The first-order valence-corrected chi connectivity index (χ1v) is 5.50. The summed E-state index contributed by atoms with van der Waals surface area (Å²) in [5.74, 6) is -0.879. The molecule has 0 heterocycles. The number of hydrogen-bond acceptors (Lipinski definition) is 1. The van der Waals surface area contributed by atoms with E-state index in [9.17, 15) is 4.79 Å². The topological polar surface area (TPSA) is 37.3 Å². The lowest BCUT2D eigenvalue weighted by Crippen LogP contribution is -1.93. The average molecular weight is 210 g/mol. The molecule has 0 saturated heterocycles. The second-order valence-corrected chi connectivity index (χ2v) is 2.67. The normalized spacial score (nSPS) is 7.73. The molecule has 0 fully saturated rings. The summed E-state index contributed by atoms with van der Waals surface area (Å²) in [5, 5.41) is 8.38. The zero-order chi connectivity index (χ0) is 12.1. The monoisotopic (exact) mass is 210 g/mol. The van der Waals surface area contributed by atoms with E-state index < -0.39 is 5.97 Å². The van der Waals surface area contributed by atoms with Gasteiger partial charge in [0.25, 0.3) is 0 Å². The van der Waals surface area contributed by atoms with Crippen molar-refractivity contribution in [3.63, 3.8) is 0 Å². The largest absolute Gasteiger partial charge is 0.478 e. The Bertz CT molecular complexity index is 228. The minimum Gasteiger partial charge on any atom is -0.478 e. The summed E-state index contributed by atoms with van der Waals surface area (Å²) in [6.45, 7) is 8.36. The summed E-state index contributed by atoms with van der Waals surface area (Å²) in [5.41, 5.74) is 0.331. The van der Waals surface area contributed by atoms with Crippen LogP contribution in [0.4, 0.5) is 0 Å². The summed E-state index contributed by atoms with van der Waals surface area (Å²) in [7, 11) is 0. The minimum atomic E-state index is -0.879. The van der Waals surface area contributed by atoms with E-state index in [4.69, 9.17) is 5.11 Å². The maximum Gasteiger partial charge on any atom is 0.335 e. The summed E-state index contributed by atoms with van der Waals surface area (Å²) >= 11 is 0. The standard InChI is InChI=1S/C7H6O2.C4H10.C2H6/c8-7(9)6-4-2-1-3-5-6;1-3-4-2;1-2/h1-5H,(H,8,9);3-4H2,1-2H3;1-2H3. The molecule has 0 aliphatic carbocycles. The molecule has 0 aromatic heterocycles. The van der Waals surface area contributed by atoms with Gasteiger partial charge >= 0.3 is 5.97 Å². The van der Waals surface area contributed by atoms with Gasteiger partial charge in [-0.3, -0.25) is 0 Å². The minimum absolute atomic E-state index is 0.331. The SMILES string of the molecule is CC.CCCC.O=C(O)c1ccccc1. The highest BCUT2D eigenvalue weighted by Gasteiger charge is 1.96. The van der Waals surface area contributed by atoms with Crippen LogP contribution in [0.25, 0.3) is 0 Å². The number of unbranched alkanes of at least 4 members (excludes halogenated alkanes) is 1. The lowest BCUT2D eigenvalue weighted by molar-refractivity contribution is 0.0697. The molecule has 0 spiro atoms. The van der Waals surface area contributed by atoms with Crippen molar-refractivity contribution in [2.45, 2.75) is 40.5 Å². The highest BCUT2D eigenvalue weighted by Crippen LogP contribution is 1.96. The zero-order valence-corrected chi connectivity index (χ0v) is 10.2. The molecule has 1 N–H and O–H groups in total. The van der Waals surface area contributed by atoms with E-state index in [2.05, 4.69) is 13.8 Å². The number of carboxylic acids is 1. The quantitative estimate of drug-likeness (QED) is 0.793. The van der Waals surface area contributed by atoms with Crippen LogP contribution in [0.1, 0.15) is 50.9 Å². The lowest BCUT2D eigenvalue weighted by Gasteiger charge is -1.88. The number of rotatable bonds is 2. The summed E-state index contributed by atoms with van der Waals surface area (Å²) in [4.78, 5) is 10.2. The van der Waals surface area contributed by atoms with E-state index in [0.717, 1.165) is 0 Å². The van der Waals surface area contributed by atoms with Crippen molar-refractivity contribution in [2.24, 2.45) is 0 Å². The van der Waals surface area contributed by atoms with Gasteiger partial charge in [0.15, 0.2) is 0 Å². The van der Waals surface area contributed by atoms with Gasteiger partial charge in [-0.25, -0.2) is 4.79 Å². The van der Waals surface area contributed by atoms with E-state index in [-0.39, 0.29) is 0 Å². The first-order chi connectivity index (χ1) is 7.22. The van der Waals surface area contributed by atoms with Gasteiger partial charge in [-0.1, -0.05) is 58.7 Å². The van der Waals surface area contributed by atoms with Gasteiger partial charge in [0.05, 0.1) is 5.56 Å². The van der Waals surface area contributed by atoms with Crippen LogP contribution in [-0.2, 0) is 0 Å². The Morgan fingerprint density at radius 1 is 1.07 bits per heavy atom. The van der Waals surface area contributed by atoms with Crippen molar-refractivity contribution < 1.29 is 9.90 Å². The fraction of sp³-hybridized carbons (Fsp3) is 0.462. The molecule has 0 amide bonds. The molecular formula is C13H22O2. The van der Waals surface area contributed by atoms with Gasteiger partial charge in [0.1, 0.15) is 0 Å². The van der Waals surface area contributed by atoms with Crippen LogP contribution in [0, 0.1) is 0 Å². The molecule has 86 valence electrons. The average Bonchev–Trinajstić information content (AvgIpc) is 2.33. The first-order valence-electron chi connectivity index (χ1n) is 5.50. The Balaban J connectivity index is 0. The van der Waals surface area contributed by atoms with Gasteiger partial charge in [-0.2, -0.15) is 0 Å². The third kappa shape index (κ3) is 10.6. The highest BCUT2D eigenvalue weighted by atomic mass is 16.4. The van der Waals surface area contributed by atoms with E-state index in [0.29, 0.717) is 5.56 Å². The van der Waals surface area contributed by atoms with Gasteiger partial charge in [-0.15, -0.1) is 0 Å². The molecule has 15 heavy (non-hydrogen) atoms. The van der Waals surface area contributed by atoms with Gasteiger partial charge in [0, 0.05) is 0 Å². The molecule has 0 unspecified atom stereocenters. The molecule has 0 saturated carbocycles. The maximum atomic E-state index is 10.2. The van der Waals surface area contributed by atoms with Gasteiger partial charge < -0.3 is 5.11 Å². The molecule has 2 heteroatoms. The predicted molar refractivity (Wildman–Crippen MR) is 65.3 cm³/mol. The number of benzene rings is 1. The molecule has 0 radical (unpaired) electrons. The second kappa shape index (κ2) is 12.7. The predicted octanol–water partition coefficient (Wildman–Crippen LogP) is 4.22. The van der Waals surface area contributed by atoms with Gasteiger partial charge in [-0.05, 0) is 12.1 Å². The molecular weight excluding hydrogens is 188 g/mol. The fourth-order valence-corrected chi connectivity index (χ4v) is 0.581. The van der Waals surface area contributed by atoms with Crippen molar-refractivity contribution in [3.05, 3.63) is 35.9 Å². The Kier molecular flexibility index (Phi) is 13.6. The summed E-state index contributed by atoms with van der Waals surface area (Å²) < 4.78 is 0. The molecule has 0 bridgehead atoms. The fourth-order valence-electron chi connectivity index (χ4n) is 0.581. The van der Waals surface area contributed by atoms with Crippen molar-refractivity contribution in [3.8, 4) is 0 Å². The van der Waals surface area contributed by atoms with Crippen LogP contribution in [0.2, 0.25) is 0 Å². The Hall–Kier alpha value is -1.31. The van der Waals surface area contributed by atoms with Crippen molar-refractivity contribution in [2.75, 3.05) is 0 Å². The van der Waals surface area contributed by atoms with Crippen molar-refractivity contribution >= 4 is 5.97 Å². The Morgan fingerprint density at radius 2 is 1.47 bits per heavy atom. The van der Waals surface area contributed by atoms with Crippen molar-refractivity contribution in [1.82, 2.24) is 0 Å². The number of hydrogen-bond donors (Lipinski definition) is 1. The smallest absolute Gasteiger partial charge is 0.335 e. The van der Waals surface area contributed by atoms with E-state index in [1.165, 1.54) is 12.8 Å². The number of carboxylic acid groups (broad SMARTS) is 1. The van der Waals surface area contributed by atoms with Crippen LogP contribution >= 0.6 is 0 Å². The summed E-state index contributed by atoms with van der Waals surface area (Å²) in [6.07, 6.45) is 2.64. The molecule has 0 atom stereocenters. The van der Waals surface area contributed by atoms with Crippen molar-refractivity contribution in [1.29, 1.82) is 0 Å². The molecule has 1 aromatic carbocycles. The molecule has 0 aliphatic heterocycles. The van der Waals surface area contributed by atoms with E-state index >= 15 is 0 Å². The van der Waals surface area contributed by atoms with Crippen LogP contribution in [0.5, 0.6) is 0 Å².